The number of hydrogen-bond donors (Lipinski definition) is 2. The van der Waals surface area contributed by atoms with Crippen LogP contribution in [0.3, 0.4) is 0 Å². The van der Waals surface area contributed by atoms with Gasteiger partial charge in [0.25, 0.3) is 0 Å². The summed E-state index contributed by atoms with van der Waals surface area (Å²) >= 11 is 5.72. The predicted octanol–water partition coefficient (Wildman–Crippen LogP) is 4.48. The molecule has 1 atom stereocenters. The first-order chi connectivity index (χ1) is 10.5. The van der Waals surface area contributed by atoms with Gasteiger partial charge in [-0.2, -0.15) is 0 Å². The maximum atomic E-state index is 13.1. The number of hydrogen-bond acceptors (Lipinski definition) is 2. The van der Waals surface area contributed by atoms with Gasteiger partial charge in [-0.05, 0) is 49.2 Å². The maximum Gasteiger partial charge on any atom is 0.246 e. The van der Waals surface area contributed by atoms with Crippen LogP contribution in [-0.2, 0) is 11.2 Å². The van der Waals surface area contributed by atoms with Gasteiger partial charge in [0.2, 0.25) is 5.91 Å². The standard InChI is InChI=1S/C17H18ClFN2O/c1-3-12-4-6-13(7-5-12)21-17(22)11(2)20-14-8-9-16(19)15(18)10-14/h4-11,20H,3H2,1-2H3,(H,21,22)/t11-/m0/s1. The Balaban J connectivity index is 1.97. The number of halogens is 2. The molecular formula is C17H18ClFN2O. The van der Waals surface area contributed by atoms with Crippen molar-refractivity contribution in [1.29, 1.82) is 0 Å². The lowest BCUT2D eigenvalue weighted by Crippen LogP contribution is -2.31. The molecule has 0 saturated heterocycles. The third-order valence-corrected chi connectivity index (χ3v) is 3.62. The van der Waals surface area contributed by atoms with E-state index in [9.17, 15) is 9.18 Å². The van der Waals surface area contributed by atoms with E-state index in [0.717, 1.165) is 12.1 Å². The van der Waals surface area contributed by atoms with Crippen LogP contribution in [0, 0.1) is 5.82 Å². The summed E-state index contributed by atoms with van der Waals surface area (Å²) in [4.78, 5) is 12.1. The Bertz CT molecular complexity index is 658. The highest BCUT2D eigenvalue weighted by Gasteiger charge is 2.13. The molecule has 0 saturated carbocycles. The SMILES string of the molecule is CCc1ccc(NC(=O)[C@H](C)Nc2ccc(F)c(Cl)c2)cc1. The van der Waals surface area contributed by atoms with Crippen LogP contribution in [0.1, 0.15) is 19.4 Å². The minimum Gasteiger partial charge on any atom is -0.374 e. The molecule has 2 N–H and O–H groups in total. The van der Waals surface area contributed by atoms with Gasteiger partial charge in [0.15, 0.2) is 0 Å². The van der Waals surface area contributed by atoms with Gasteiger partial charge in [-0.1, -0.05) is 30.7 Å². The van der Waals surface area contributed by atoms with Gasteiger partial charge in [-0.25, -0.2) is 4.39 Å². The van der Waals surface area contributed by atoms with E-state index in [2.05, 4.69) is 17.6 Å². The normalized spacial score (nSPS) is 11.8. The monoisotopic (exact) mass is 320 g/mol. The molecule has 0 fully saturated rings. The third-order valence-electron chi connectivity index (χ3n) is 3.33. The third kappa shape index (κ3) is 4.21. The van der Waals surface area contributed by atoms with Crippen LogP contribution in [-0.4, -0.2) is 11.9 Å². The fourth-order valence-corrected chi connectivity index (χ4v) is 2.16. The molecule has 22 heavy (non-hydrogen) atoms. The quantitative estimate of drug-likeness (QED) is 0.852. The van der Waals surface area contributed by atoms with E-state index in [4.69, 9.17) is 11.6 Å². The van der Waals surface area contributed by atoms with Gasteiger partial charge in [0.05, 0.1) is 5.02 Å². The molecule has 5 heteroatoms. The molecule has 1 amide bonds. The van der Waals surface area contributed by atoms with E-state index in [-0.39, 0.29) is 10.9 Å². The fourth-order valence-electron chi connectivity index (χ4n) is 1.98. The van der Waals surface area contributed by atoms with Crippen molar-refractivity contribution in [2.24, 2.45) is 0 Å². The molecule has 0 aromatic heterocycles. The summed E-state index contributed by atoms with van der Waals surface area (Å²) in [6.07, 6.45) is 0.956. The summed E-state index contributed by atoms with van der Waals surface area (Å²) in [7, 11) is 0. The Labute approximate surface area is 134 Å². The van der Waals surface area contributed by atoms with Crippen LogP contribution < -0.4 is 10.6 Å². The van der Waals surface area contributed by atoms with Gasteiger partial charge in [0.1, 0.15) is 11.9 Å². The minimum absolute atomic E-state index is 0.0211. The highest BCUT2D eigenvalue weighted by atomic mass is 35.5. The summed E-state index contributed by atoms with van der Waals surface area (Å²) < 4.78 is 13.1. The van der Waals surface area contributed by atoms with Gasteiger partial charge in [-0.15, -0.1) is 0 Å². The number of benzene rings is 2. The molecule has 2 aromatic carbocycles. The molecule has 0 aliphatic rings. The van der Waals surface area contributed by atoms with E-state index >= 15 is 0 Å². The molecule has 3 nitrogen and oxygen atoms in total. The minimum atomic E-state index is -0.486. The second kappa shape index (κ2) is 7.27. The lowest BCUT2D eigenvalue weighted by molar-refractivity contribution is -0.116. The number of anilines is 2. The first-order valence-electron chi connectivity index (χ1n) is 7.11. The molecular weight excluding hydrogens is 303 g/mol. The Hall–Kier alpha value is -2.07. The smallest absolute Gasteiger partial charge is 0.246 e. The van der Waals surface area contributed by atoms with E-state index in [0.29, 0.717) is 5.69 Å². The summed E-state index contributed by atoms with van der Waals surface area (Å²) in [6, 6.07) is 11.5. The van der Waals surface area contributed by atoms with Gasteiger partial charge < -0.3 is 10.6 Å². The summed E-state index contributed by atoms with van der Waals surface area (Å²) in [5.74, 6) is -0.662. The van der Waals surface area contributed by atoms with Crippen molar-refractivity contribution in [1.82, 2.24) is 0 Å². The van der Waals surface area contributed by atoms with Crippen molar-refractivity contribution in [2.45, 2.75) is 26.3 Å². The van der Waals surface area contributed by atoms with Gasteiger partial charge in [0, 0.05) is 11.4 Å². The molecule has 0 aliphatic heterocycles. The largest absolute Gasteiger partial charge is 0.374 e. The zero-order valence-corrected chi connectivity index (χ0v) is 13.2. The van der Waals surface area contributed by atoms with Crippen molar-refractivity contribution in [2.75, 3.05) is 10.6 Å². The van der Waals surface area contributed by atoms with Crippen molar-refractivity contribution in [3.63, 3.8) is 0 Å². The molecule has 0 aliphatic carbocycles. The van der Waals surface area contributed by atoms with E-state index in [1.165, 1.54) is 17.7 Å². The lowest BCUT2D eigenvalue weighted by atomic mass is 10.1. The number of rotatable bonds is 5. The highest BCUT2D eigenvalue weighted by Crippen LogP contribution is 2.20. The Morgan fingerprint density at radius 3 is 2.41 bits per heavy atom. The number of carbonyl (C=O) groups is 1. The zero-order chi connectivity index (χ0) is 16.1. The van der Waals surface area contributed by atoms with Crippen LogP contribution in [0.4, 0.5) is 15.8 Å². The molecule has 116 valence electrons. The molecule has 0 heterocycles. The molecule has 0 spiro atoms. The molecule has 2 rings (SSSR count). The predicted molar refractivity (Wildman–Crippen MR) is 88.9 cm³/mol. The molecule has 0 radical (unpaired) electrons. The second-order valence-electron chi connectivity index (χ2n) is 5.03. The summed E-state index contributed by atoms with van der Waals surface area (Å²) in [5, 5.41) is 5.84. The number of aryl methyl sites for hydroxylation is 1. The van der Waals surface area contributed by atoms with Crippen LogP contribution in [0.25, 0.3) is 0 Å². The number of nitrogens with one attached hydrogen (secondary N) is 2. The highest BCUT2D eigenvalue weighted by molar-refractivity contribution is 6.31. The summed E-state index contributed by atoms with van der Waals surface area (Å²) in [6.45, 7) is 3.81. The second-order valence-corrected chi connectivity index (χ2v) is 5.44. The zero-order valence-electron chi connectivity index (χ0n) is 12.5. The lowest BCUT2D eigenvalue weighted by Gasteiger charge is -2.15. The van der Waals surface area contributed by atoms with Gasteiger partial charge >= 0.3 is 0 Å². The van der Waals surface area contributed by atoms with Crippen LogP contribution >= 0.6 is 11.6 Å². The first kappa shape index (κ1) is 16.3. The molecule has 0 bridgehead atoms. The molecule has 2 aromatic rings. The average Bonchev–Trinajstić information content (AvgIpc) is 2.51. The fraction of sp³-hybridized carbons (Fsp3) is 0.235. The number of carbonyl (C=O) groups excluding carboxylic acids is 1. The first-order valence-corrected chi connectivity index (χ1v) is 7.48. The van der Waals surface area contributed by atoms with Crippen LogP contribution in [0.15, 0.2) is 42.5 Å². The van der Waals surface area contributed by atoms with E-state index in [1.54, 1.807) is 13.0 Å². The topological polar surface area (TPSA) is 41.1 Å². The van der Waals surface area contributed by atoms with Gasteiger partial charge in [-0.3, -0.25) is 4.79 Å². The van der Waals surface area contributed by atoms with E-state index in [1.807, 2.05) is 24.3 Å². The van der Waals surface area contributed by atoms with Crippen molar-refractivity contribution in [3.05, 3.63) is 58.9 Å². The average molecular weight is 321 g/mol. The maximum absolute atomic E-state index is 13.1. The molecule has 0 unspecified atom stereocenters. The Morgan fingerprint density at radius 1 is 1.18 bits per heavy atom. The van der Waals surface area contributed by atoms with E-state index < -0.39 is 11.9 Å². The van der Waals surface area contributed by atoms with Crippen molar-refractivity contribution < 1.29 is 9.18 Å². The van der Waals surface area contributed by atoms with Crippen LogP contribution in [0.2, 0.25) is 5.02 Å². The van der Waals surface area contributed by atoms with Crippen molar-refractivity contribution >= 4 is 28.9 Å². The Morgan fingerprint density at radius 2 is 1.82 bits per heavy atom. The van der Waals surface area contributed by atoms with Crippen molar-refractivity contribution in [3.8, 4) is 0 Å². The summed E-state index contributed by atoms with van der Waals surface area (Å²) in [5.41, 5.74) is 2.55. The number of amides is 1. The van der Waals surface area contributed by atoms with Crippen LogP contribution in [0.5, 0.6) is 0 Å². The Kier molecular flexibility index (Phi) is 5.39.